The van der Waals surface area contributed by atoms with E-state index in [2.05, 4.69) is 9.97 Å². The molecule has 1 saturated heterocycles. The van der Waals surface area contributed by atoms with Gasteiger partial charge in [0.2, 0.25) is 5.91 Å². The summed E-state index contributed by atoms with van der Waals surface area (Å²) in [5.74, 6) is 1.39. The predicted molar refractivity (Wildman–Crippen MR) is 106 cm³/mol. The summed E-state index contributed by atoms with van der Waals surface area (Å²) in [6.45, 7) is 2.57. The van der Waals surface area contributed by atoms with Crippen LogP contribution in [-0.2, 0) is 9.53 Å². The molecule has 1 aromatic carbocycles. The van der Waals surface area contributed by atoms with Crippen molar-refractivity contribution in [1.29, 1.82) is 0 Å². The number of hydrogen-bond acceptors (Lipinski definition) is 8. The number of nitrogens with two attached hydrogens (primary N) is 2. The van der Waals surface area contributed by atoms with E-state index in [1.54, 1.807) is 37.3 Å². The standard InChI is InChI=1S/C19H26N6O3/c1-24-5-6-25(11-18(24)26)17-10-16(22-12-23-17)19(21)14-9-13(3-4-15(14)20)28-8-7-27-2/h3-4,9-10,12,19H,5-8,11,20-21H2,1-2H3. The summed E-state index contributed by atoms with van der Waals surface area (Å²) in [6, 6.07) is 6.63. The van der Waals surface area contributed by atoms with Gasteiger partial charge in [0.15, 0.2) is 0 Å². The molecule has 1 aromatic heterocycles. The Morgan fingerprint density at radius 1 is 1.21 bits per heavy atom. The van der Waals surface area contributed by atoms with E-state index in [0.29, 0.717) is 54.8 Å². The van der Waals surface area contributed by atoms with Crippen molar-refractivity contribution in [3.8, 4) is 5.75 Å². The van der Waals surface area contributed by atoms with Crippen LogP contribution in [0.15, 0.2) is 30.6 Å². The summed E-state index contributed by atoms with van der Waals surface area (Å²) in [5.41, 5.74) is 14.5. The Balaban J connectivity index is 1.80. The molecule has 1 fully saturated rings. The van der Waals surface area contributed by atoms with E-state index >= 15 is 0 Å². The van der Waals surface area contributed by atoms with Crippen LogP contribution in [0.2, 0.25) is 0 Å². The monoisotopic (exact) mass is 386 g/mol. The van der Waals surface area contributed by atoms with Gasteiger partial charge in [-0.3, -0.25) is 4.79 Å². The largest absolute Gasteiger partial charge is 0.491 e. The highest BCUT2D eigenvalue weighted by Crippen LogP contribution is 2.29. The second-order valence-corrected chi connectivity index (χ2v) is 6.65. The van der Waals surface area contributed by atoms with Crippen LogP contribution in [0.5, 0.6) is 5.75 Å². The molecule has 3 rings (SSSR count). The van der Waals surface area contributed by atoms with Gasteiger partial charge in [-0.05, 0) is 18.2 Å². The van der Waals surface area contributed by atoms with Gasteiger partial charge in [-0.25, -0.2) is 9.97 Å². The second-order valence-electron chi connectivity index (χ2n) is 6.65. The molecule has 28 heavy (non-hydrogen) atoms. The van der Waals surface area contributed by atoms with Crippen LogP contribution in [-0.4, -0.2) is 67.8 Å². The van der Waals surface area contributed by atoms with Crippen molar-refractivity contribution in [2.45, 2.75) is 6.04 Å². The number of amides is 1. The van der Waals surface area contributed by atoms with Crippen molar-refractivity contribution in [2.24, 2.45) is 5.73 Å². The molecule has 0 aliphatic carbocycles. The molecule has 0 spiro atoms. The number of carbonyl (C=O) groups excluding carboxylic acids is 1. The summed E-state index contributed by atoms with van der Waals surface area (Å²) in [4.78, 5) is 24.2. The minimum absolute atomic E-state index is 0.0564. The van der Waals surface area contributed by atoms with Crippen molar-refractivity contribution in [3.05, 3.63) is 41.9 Å². The van der Waals surface area contributed by atoms with E-state index in [4.69, 9.17) is 20.9 Å². The van der Waals surface area contributed by atoms with Gasteiger partial charge < -0.3 is 30.7 Å². The summed E-state index contributed by atoms with van der Waals surface area (Å²) in [6.07, 6.45) is 1.46. The molecule has 1 unspecified atom stereocenters. The van der Waals surface area contributed by atoms with Crippen molar-refractivity contribution in [3.63, 3.8) is 0 Å². The van der Waals surface area contributed by atoms with E-state index in [1.165, 1.54) is 6.33 Å². The van der Waals surface area contributed by atoms with Crippen molar-refractivity contribution < 1.29 is 14.3 Å². The third kappa shape index (κ3) is 4.49. The number of piperazine rings is 1. The maximum atomic E-state index is 12.0. The predicted octanol–water partition coefficient (Wildman–Crippen LogP) is 0.411. The van der Waals surface area contributed by atoms with E-state index in [0.717, 1.165) is 0 Å². The van der Waals surface area contributed by atoms with Crippen LogP contribution < -0.4 is 21.1 Å². The van der Waals surface area contributed by atoms with Crippen molar-refractivity contribution in [1.82, 2.24) is 14.9 Å². The average molecular weight is 386 g/mol. The van der Waals surface area contributed by atoms with Crippen LogP contribution in [0.25, 0.3) is 0 Å². The minimum atomic E-state index is -0.545. The first-order valence-electron chi connectivity index (χ1n) is 9.07. The highest BCUT2D eigenvalue weighted by atomic mass is 16.5. The van der Waals surface area contributed by atoms with Crippen LogP contribution in [0.4, 0.5) is 11.5 Å². The lowest BCUT2D eigenvalue weighted by Crippen LogP contribution is -2.48. The Morgan fingerprint density at radius 3 is 2.79 bits per heavy atom. The molecular weight excluding hydrogens is 360 g/mol. The molecular formula is C19H26N6O3. The molecule has 9 heteroatoms. The number of likely N-dealkylation sites (N-methyl/N-ethyl adjacent to an activating group) is 1. The van der Waals surface area contributed by atoms with Gasteiger partial charge in [0, 0.05) is 44.6 Å². The maximum absolute atomic E-state index is 12.0. The number of anilines is 2. The Morgan fingerprint density at radius 2 is 2.04 bits per heavy atom. The average Bonchev–Trinajstić information content (AvgIpc) is 2.71. The second kappa shape index (κ2) is 8.85. The number of carbonyl (C=O) groups is 1. The Kier molecular flexibility index (Phi) is 6.27. The molecule has 2 heterocycles. The number of hydrogen-bond donors (Lipinski definition) is 2. The molecule has 0 bridgehead atoms. The van der Waals surface area contributed by atoms with Gasteiger partial charge in [0.25, 0.3) is 0 Å². The third-order valence-electron chi connectivity index (χ3n) is 4.72. The van der Waals surface area contributed by atoms with Crippen LogP contribution in [0, 0.1) is 0 Å². The summed E-state index contributed by atoms with van der Waals surface area (Å²) < 4.78 is 10.6. The van der Waals surface area contributed by atoms with E-state index in [9.17, 15) is 4.79 Å². The van der Waals surface area contributed by atoms with Gasteiger partial charge in [0.1, 0.15) is 24.5 Å². The van der Waals surface area contributed by atoms with Gasteiger partial charge >= 0.3 is 0 Å². The molecule has 1 aliphatic rings. The minimum Gasteiger partial charge on any atom is -0.491 e. The fourth-order valence-corrected chi connectivity index (χ4v) is 2.97. The first kappa shape index (κ1) is 19.8. The number of benzene rings is 1. The maximum Gasteiger partial charge on any atom is 0.241 e. The number of nitrogen functional groups attached to an aromatic ring is 1. The third-order valence-corrected chi connectivity index (χ3v) is 4.72. The molecule has 1 atom stereocenters. The zero-order valence-electron chi connectivity index (χ0n) is 16.2. The fraction of sp³-hybridized carbons (Fsp3) is 0.421. The lowest BCUT2D eigenvalue weighted by molar-refractivity contribution is -0.129. The van der Waals surface area contributed by atoms with Gasteiger partial charge in [0.05, 0.1) is 24.9 Å². The Bertz CT molecular complexity index is 831. The van der Waals surface area contributed by atoms with Crippen LogP contribution in [0.1, 0.15) is 17.3 Å². The molecule has 1 aliphatic heterocycles. The lowest BCUT2D eigenvalue weighted by Gasteiger charge is -2.32. The smallest absolute Gasteiger partial charge is 0.241 e. The lowest BCUT2D eigenvalue weighted by atomic mass is 10.0. The number of methoxy groups -OCH3 is 1. The summed E-state index contributed by atoms with van der Waals surface area (Å²) in [7, 11) is 3.42. The van der Waals surface area contributed by atoms with E-state index < -0.39 is 6.04 Å². The zero-order valence-corrected chi connectivity index (χ0v) is 16.2. The Hall–Kier alpha value is -2.91. The first-order chi connectivity index (χ1) is 13.5. The zero-order chi connectivity index (χ0) is 20.1. The number of rotatable bonds is 7. The van der Waals surface area contributed by atoms with Gasteiger partial charge in [-0.15, -0.1) is 0 Å². The quantitative estimate of drug-likeness (QED) is 0.519. The molecule has 9 nitrogen and oxygen atoms in total. The molecule has 4 N–H and O–H groups in total. The van der Waals surface area contributed by atoms with Crippen LogP contribution in [0.3, 0.4) is 0 Å². The first-order valence-corrected chi connectivity index (χ1v) is 9.07. The molecule has 1 amide bonds. The Labute approximate surface area is 164 Å². The highest BCUT2D eigenvalue weighted by Gasteiger charge is 2.23. The van der Waals surface area contributed by atoms with Crippen molar-refractivity contribution >= 4 is 17.4 Å². The molecule has 150 valence electrons. The number of ether oxygens (including phenoxy) is 2. The summed E-state index contributed by atoms with van der Waals surface area (Å²) >= 11 is 0. The highest BCUT2D eigenvalue weighted by molar-refractivity contribution is 5.82. The fourth-order valence-electron chi connectivity index (χ4n) is 2.97. The van der Waals surface area contributed by atoms with Gasteiger partial charge in [-0.1, -0.05) is 0 Å². The molecule has 0 radical (unpaired) electrons. The number of aromatic nitrogens is 2. The molecule has 2 aromatic rings. The van der Waals surface area contributed by atoms with Gasteiger partial charge in [-0.2, -0.15) is 0 Å². The topological polar surface area (TPSA) is 120 Å². The summed E-state index contributed by atoms with van der Waals surface area (Å²) in [5, 5.41) is 0. The van der Waals surface area contributed by atoms with Crippen molar-refractivity contribution in [2.75, 3.05) is 57.6 Å². The normalized spacial score (nSPS) is 15.6. The van der Waals surface area contributed by atoms with E-state index in [1.807, 2.05) is 11.0 Å². The number of nitrogens with zero attached hydrogens (tertiary/aromatic N) is 4. The van der Waals surface area contributed by atoms with E-state index in [-0.39, 0.29) is 12.5 Å². The molecule has 0 saturated carbocycles. The van der Waals surface area contributed by atoms with Crippen LogP contribution >= 0.6 is 0 Å². The SMILES string of the molecule is COCCOc1ccc(N)c(C(N)c2cc(N3CCN(C)C(=O)C3)ncn2)c1.